The number of halogens is 1. The number of alkyl carbamates (subject to hydrolysis) is 1. The molecule has 2 fully saturated rings. The highest BCUT2D eigenvalue weighted by Gasteiger charge is 2.46. The minimum Gasteiger partial charge on any atom is -0.445 e. The third-order valence-electron chi connectivity index (χ3n) is 5.39. The average Bonchev–Trinajstić information content (AvgIpc) is 3.17. The van der Waals surface area contributed by atoms with Crippen LogP contribution in [0.25, 0.3) is 0 Å². The first-order valence-corrected chi connectivity index (χ1v) is 10.2. The minimum atomic E-state index is -0.626. The van der Waals surface area contributed by atoms with Gasteiger partial charge in [0, 0.05) is 18.0 Å². The lowest BCUT2D eigenvalue weighted by molar-refractivity contribution is -0.147. The highest BCUT2D eigenvalue weighted by molar-refractivity contribution is 6.30. The van der Waals surface area contributed by atoms with Crippen molar-refractivity contribution in [3.8, 4) is 0 Å². The standard InChI is InChI=1S/C22H22ClN3O4/c23-16-8-6-14(7-9-16)10-18-21(28)26-12-17(11-19(26)20(27)25-18)24-22(29)30-13-15-4-2-1-3-5-15/h1-9,17-19H,10-13H2,(H,24,29)(H,25,27)/t17-,18-,19-/m0/s1. The Hall–Kier alpha value is -3.06. The number of rotatable bonds is 5. The molecule has 30 heavy (non-hydrogen) atoms. The predicted octanol–water partition coefficient (Wildman–Crippen LogP) is 2.28. The first-order valence-electron chi connectivity index (χ1n) is 9.82. The fourth-order valence-corrected chi connectivity index (χ4v) is 4.01. The van der Waals surface area contributed by atoms with E-state index in [4.69, 9.17) is 16.3 Å². The van der Waals surface area contributed by atoms with Crippen LogP contribution in [0.3, 0.4) is 0 Å². The largest absolute Gasteiger partial charge is 0.445 e. The van der Waals surface area contributed by atoms with Crippen molar-refractivity contribution in [1.29, 1.82) is 0 Å². The van der Waals surface area contributed by atoms with Crippen LogP contribution in [0.2, 0.25) is 5.02 Å². The van der Waals surface area contributed by atoms with Gasteiger partial charge in [-0.2, -0.15) is 0 Å². The molecule has 2 aliphatic rings. The average molecular weight is 428 g/mol. The van der Waals surface area contributed by atoms with Crippen LogP contribution < -0.4 is 10.6 Å². The van der Waals surface area contributed by atoms with Gasteiger partial charge in [0.2, 0.25) is 11.8 Å². The molecule has 0 spiro atoms. The number of hydrogen-bond donors (Lipinski definition) is 2. The first kappa shape index (κ1) is 20.2. The van der Waals surface area contributed by atoms with Crippen LogP contribution in [0.15, 0.2) is 54.6 Å². The number of carbonyl (C=O) groups is 3. The molecule has 2 heterocycles. The van der Waals surface area contributed by atoms with Gasteiger partial charge in [-0.3, -0.25) is 9.59 Å². The zero-order valence-corrected chi connectivity index (χ0v) is 17.0. The van der Waals surface area contributed by atoms with E-state index in [1.54, 1.807) is 17.0 Å². The van der Waals surface area contributed by atoms with Crippen LogP contribution in [0.5, 0.6) is 0 Å². The van der Waals surface area contributed by atoms with Crippen LogP contribution >= 0.6 is 11.6 Å². The highest BCUT2D eigenvalue weighted by Crippen LogP contribution is 2.24. The van der Waals surface area contributed by atoms with Crippen molar-refractivity contribution in [2.75, 3.05) is 6.54 Å². The second kappa shape index (κ2) is 8.75. The molecule has 7 nitrogen and oxygen atoms in total. The van der Waals surface area contributed by atoms with E-state index in [1.807, 2.05) is 42.5 Å². The van der Waals surface area contributed by atoms with Gasteiger partial charge in [-0.15, -0.1) is 0 Å². The van der Waals surface area contributed by atoms with Gasteiger partial charge in [0.25, 0.3) is 0 Å². The molecule has 0 bridgehead atoms. The number of fused-ring (bicyclic) bond motifs is 1. The number of piperazine rings is 1. The third kappa shape index (κ3) is 4.57. The molecule has 4 rings (SSSR count). The lowest BCUT2D eigenvalue weighted by Gasteiger charge is -2.34. The van der Waals surface area contributed by atoms with E-state index in [-0.39, 0.29) is 31.0 Å². The summed E-state index contributed by atoms with van der Waals surface area (Å²) in [7, 11) is 0. The topological polar surface area (TPSA) is 87.7 Å². The molecule has 0 saturated carbocycles. The zero-order chi connectivity index (χ0) is 21.1. The second-order valence-electron chi connectivity index (χ2n) is 7.54. The number of ether oxygens (including phenoxy) is 1. The Balaban J connectivity index is 1.33. The maximum absolute atomic E-state index is 12.9. The van der Waals surface area contributed by atoms with E-state index >= 15 is 0 Å². The Kier molecular flexibility index (Phi) is 5.90. The monoisotopic (exact) mass is 427 g/mol. The summed E-state index contributed by atoms with van der Waals surface area (Å²) in [5.41, 5.74) is 1.80. The number of benzene rings is 2. The number of hydrogen-bond acceptors (Lipinski definition) is 4. The molecule has 0 unspecified atom stereocenters. The van der Waals surface area contributed by atoms with Crippen molar-refractivity contribution in [3.63, 3.8) is 0 Å². The quantitative estimate of drug-likeness (QED) is 0.766. The van der Waals surface area contributed by atoms with Crippen LogP contribution in [0, 0.1) is 0 Å². The van der Waals surface area contributed by atoms with Crippen molar-refractivity contribution in [2.45, 2.75) is 37.6 Å². The molecule has 0 radical (unpaired) electrons. The fraction of sp³-hybridized carbons (Fsp3) is 0.318. The molecule has 156 valence electrons. The Morgan fingerprint density at radius 2 is 1.83 bits per heavy atom. The summed E-state index contributed by atoms with van der Waals surface area (Å²) in [4.78, 5) is 39.1. The first-order chi connectivity index (χ1) is 14.5. The van der Waals surface area contributed by atoms with Crippen molar-refractivity contribution < 1.29 is 19.1 Å². The summed E-state index contributed by atoms with van der Waals surface area (Å²) in [5.74, 6) is -0.341. The number of nitrogens with one attached hydrogen (secondary N) is 2. The van der Waals surface area contributed by atoms with Gasteiger partial charge >= 0.3 is 6.09 Å². The molecule has 2 aliphatic heterocycles. The molecule has 3 atom stereocenters. The van der Waals surface area contributed by atoms with Gasteiger partial charge < -0.3 is 20.3 Å². The van der Waals surface area contributed by atoms with E-state index in [9.17, 15) is 14.4 Å². The zero-order valence-electron chi connectivity index (χ0n) is 16.2. The van der Waals surface area contributed by atoms with Crippen LogP contribution in [0.1, 0.15) is 17.5 Å². The van der Waals surface area contributed by atoms with Crippen molar-refractivity contribution in [2.24, 2.45) is 0 Å². The van der Waals surface area contributed by atoms with Crippen molar-refractivity contribution >= 4 is 29.5 Å². The number of carbonyl (C=O) groups excluding carboxylic acids is 3. The van der Waals surface area contributed by atoms with Gasteiger partial charge in [0.05, 0.1) is 6.04 Å². The van der Waals surface area contributed by atoms with Gasteiger partial charge in [0.1, 0.15) is 18.7 Å². The van der Waals surface area contributed by atoms with Gasteiger partial charge in [-0.05, 0) is 29.7 Å². The molecule has 0 aromatic heterocycles. The van der Waals surface area contributed by atoms with Gasteiger partial charge in [0.15, 0.2) is 0 Å². The van der Waals surface area contributed by atoms with Crippen molar-refractivity contribution in [3.05, 3.63) is 70.7 Å². The smallest absolute Gasteiger partial charge is 0.407 e. The second-order valence-corrected chi connectivity index (χ2v) is 7.97. The fourth-order valence-electron chi connectivity index (χ4n) is 3.89. The van der Waals surface area contributed by atoms with Crippen molar-refractivity contribution in [1.82, 2.24) is 15.5 Å². The van der Waals surface area contributed by atoms with Crippen LogP contribution in [-0.2, 0) is 27.4 Å². The van der Waals surface area contributed by atoms with Gasteiger partial charge in [-0.25, -0.2) is 4.79 Å². The van der Waals surface area contributed by atoms with Gasteiger partial charge in [-0.1, -0.05) is 54.1 Å². The SMILES string of the molecule is O=C(N[C@H]1C[C@H]2C(=O)N[C@@H](Cc3ccc(Cl)cc3)C(=O)N2C1)OCc1ccccc1. The highest BCUT2D eigenvalue weighted by atomic mass is 35.5. The summed E-state index contributed by atoms with van der Waals surface area (Å²) in [6.07, 6.45) is 0.197. The Morgan fingerprint density at radius 3 is 2.57 bits per heavy atom. The number of nitrogens with zero attached hydrogens (tertiary/aromatic N) is 1. The molecule has 2 N–H and O–H groups in total. The summed E-state index contributed by atoms with van der Waals surface area (Å²) in [6, 6.07) is 15.0. The van der Waals surface area contributed by atoms with E-state index < -0.39 is 18.2 Å². The molecule has 2 aromatic rings. The summed E-state index contributed by atoms with van der Waals surface area (Å²) in [5, 5.41) is 6.20. The third-order valence-corrected chi connectivity index (χ3v) is 5.64. The normalized spacial score (nSPS) is 23.0. The summed E-state index contributed by atoms with van der Waals surface area (Å²) < 4.78 is 5.24. The Labute approximate surface area is 179 Å². The van der Waals surface area contributed by atoms with E-state index in [1.165, 1.54) is 0 Å². The predicted molar refractivity (Wildman–Crippen MR) is 111 cm³/mol. The number of amides is 3. The summed E-state index contributed by atoms with van der Waals surface area (Å²) >= 11 is 5.90. The Morgan fingerprint density at radius 1 is 1.10 bits per heavy atom. The molecule has 3 amide bonds. The lowest BCUT2D eigenvalue weighted by atomic mass is 10.0. The molecular formula is C22H22ClN3O4. The van der Waals surface area contributed by atoms with E-state index in [0.717, 1.165) is 11.1 Å². The van der Waals surface area contributed by atoms with E-state index in [2.05, 4.69) is 10.6 Å². The molecule has 0 aliphatic carbocycles. The molecule has 2 saturated heterocycles. The minimum absolute atomic E-state index is 0.142. The maximum atomic E-state index is 12.9. The lowest BCUT2D eigenvalue weighted by Crippen LogP contribution is -2.61. The summed E-state index contributed by atoms with van der Waals surface area (Å²) in [6.45, 7) is 0.448. The Bertz CT molecular complexity index is 935. The van der Waals surface area contributed by atoms with Crippen LogP contribution in [0.4, 0.5) is 4.79 Å². The molecule has 2 aromatic carbocycles. The van der Waals surface area contributed by atoms with Crippen LogP contribution in [-0.4, -0.2) is 47.5 Å². The van der Waals surface area contributed by atoms with E-state index in [0.29, 0.717) is 17.9 Å². The maximum Gasteiger partial charge on any atom is 0.407 e. The molecule has 8 heteroatoms. The molecular weight excluding hydrogens is 406 g/mol.